The second-order valence-corrected chi connectivity index (χ2v) is 5.29. The molecule has 0 aliphatic heterocycles. The van der Waals surface area contributed by atoms with Gasteiger partial charge in [0.25, 0.3) is 0 Å². The molecule has 2 nitrogen and oxygen atoms in total. The average molecular weight is 270 g/mol. The van der Waals surface area contributed by atoms with Crippen molar-refractivity contribution < 1.29 is 9.84 Å². The minimum absolute atomic E-state index is 0.388. The molecule has 0 aliphatic rings. The van der Waals surface area contributed by atoms with E-state index in [1.165, 1.54) is 0 Å². The van der Waals surface area contributed by atoms with Gasteiger partial charge in [-0.15, -0.1) is 0 Å². The van der Waals surface area contributed by atoms with E-state index in [0.29, 0.717) is 11.7 Å². The maximum absolute atomic E-state index is 10.2. The largest absolute Gasteiger partial charge is 0.508 e. The second kappa shape index (κ2) is 6.47. The van der Waals surface area contributed by atoms with Crippen LogP contribution in [0.25, 0.3) is 11.1 Å². The van der Waals surface area contributed by atoms with Crippen molar-refractivity contribution in [1.82, 2.24) is 0 Å². The molecule has 106 valence electrons. The first kappa shape index (κ1) is 14.4. The minimum Gasteiger partial charge on any atom is -0.508 e. The van der Waals surface area contributed by atoms with E-state index in [0.717, 1.165) is 35.3 Å². The number of phenols is 1. The summed E-state index contributed by atoms with van der Waals surface area (Å²) in [6, 6.07) is 13.8. The first-order chi connectivity index (χ1) is 9.63. The summed E-state index contributed by atoms with van der Waals surface area (Å²) in [4.78, 5) is 0. The Labute approximate surface area is 121 Å². The molecule has 2 heteroatoms. The Hall–Kier alpha value is -1.96. The maximum Gasteiger partial charge on any atom is 0.119 e. The van der Waals surface area contributed by atoms with E-state index >= 15 is 0 Å². The lowest BCUT2D eigenvalue weighted by Gasteiger charge is -2.11. The average Bonchev–Trinajstić information content (AvgIpc) is 2.49. The van der Waals surface area contributed by atoms with Crippen LogP contribution in [0.4, 0.5) is 0 Å². The lowest BCUT2D eigenvalue weighted by molar-refractivity contribution is 0.415. The summed E-state index contributed by atoms with van der Waals surface area (Å²) < 4.78 is 5.15. The van der Waals surface area contributed by atoms with Gasteiger partial charge in [0.1, 0.15) is 11.5 Å². The van der Waals surface area contributed by atoms with Crippen LogP contribution in [0.3, 0.4) is 0 Å². The van der Waals surface area contributed by atoms with Crippen molar-refractivity contribution in [2.24, 2.45) is 5.92 Å². The first-order valence-corrected chi connectivity index (χ1v) is 7.10. The van der Waals surface area contributed by atoms with Crippen LogP contribution in [0, 0.1) is 5.92 Å². The molecule has 0 saturated heterocycles. The summed E-state index contributed by atoms with van der Waals surface area (Å²) in [7, 11) is 1.66. The number of rotatable bonds is 5. The first-order valence-electron chi connectivity index (χ1n) is 7.10. The molecular weight excluding hydrogens is 248 g/mol. The third kappa shape index (κ3) is 3.32. The van der Waals surface area contributed by atoms with Crippen LogP contribution in [0.2, 0.25) is 0 Å². The smallest absolute Gasteiger partial charge is 0.119 e. The molecule has 0 fully saturated rings. The van der Waals surface area contributed by atoms with Crippen molar-refractivity contribution in [2.75, 3.05) is 7.11 Å². The van der Waals surface area contributed by atoms with E-state index < -0.39 is 0 Å². The number of methoxy groups -OCH3 is 1. The topological polar surface area (TPSA) is 29.5 Å². The van der Waals surface area contributed by atoms with Gasteiger partial charge in [-0.2, -0.15) is 0 Å². The van der Waals surface area contributed by atoms with Gasteiger partial charge >= 0.3 is 0 Å². The molecule has 2 aromatic carbocycles. The van der Waals surface area contributed by atoms with Crippen LogP contribution in [0.1, 0.15) is 25.8 Å². The third-order valence-corrected chi connectivity index (χ3v) is 3.77. The normalized spacial score (nSPS) is 12.2. The second-order valence-electron chi connectivity index (χ2n) is 5.29. The maximum atomic E-state index is 10.2. The Morgan fingerprint density at radius 1 is 1.05 bits per heavy atom. The van der Waals surface area contributed by atoms with Gasteiger partial charge in [-0.1, -0.05) is 44.5 Å². The van der Waals surface area contributed by atoms with Gasteiger partial charge < -0.3 is 9.84 Å². The van der Waals surface area contributed by atoms with E-state index in [2.05, 4.69) is 19.9 Å². The van der Waals surface area contributed by atoms with Crippen molar-refractivity contribution in [3.8, 4) is 22.6 Å². The minimum atomic E-state index is 0.388. The fourth-order valence-electron chi connectivity index (χ4n) is 2.22. The van der Waals surface area contributed by atoms with Crippen molar-refractivity contribution in [2.45, 2.75) is 26.7 Å². The van der Waals surface area contributed by atoms with Crippen molar-refractivity contribution >= 4 is 0 Å². The van der Waals surface area contributed by atoms with Crippen molar-refractivity contribution in [3.05, 3.63) is 48.0 Å². The summed E-state index contributed by atoms with van der Waals surface area (Å²) >= 11 is 0. The highest BCUT2D eigenvalue weighted by molar-refractivity contribution is 5.66. The van der Waals surface area contributed by atoms with E-state index in [9.17, 15) is 5.11 Å². The van der Waals surface area contributed by atoms with Crippen LogP contribution < -0.4 is 4.74 Å². The molecule has 1 N–H and O–H groups in total. The number of phenolic OH excluding ortho intramolecular Hbond substituents is 1. The molecule has 0 radical (unpaired) electrons. The summed E-state index contributed by atoms with van der Waals surface area (Å²) in [6.07, 6.45) is 2.05. The SMILES string of the molecule is CCC(C)Cc1ccc(-c2ccc(OC)cc2)cc1O. The molecule has 0 amide bonds. The van der Waals surface area contributed by atoms with Gasteiger partial charge in [0.05, 0.1) is 7.11 Å². The van der Waals surface area contributed by atoms with Crippen LogP contribution >= 0.6 is 0 Å². The van der Waals surface area contributed by atoms with E-state index in [4.69, 9.17) is 4.74 Å². The summed E-state index contributed by atoms with van der Waals surface area (Å²) in [5.74, 6) is 1.82. The van der Waals surface area contributed by atoms with E-state index in [-0.39, 0.29) is 0 Å². The van der Waals surface area contributed by atoms with Crippen LogP contribution in [-0.4, -0.2) is 12.2 Å². The van der Waals surface area contributed by atoms with Crippen LogP contribution in [-0.2, 0) is 6.42 Å². The Kier molecular flexibility index (Phi) is 4.67. The highest BCUT2D eigenvalue weighted by atomic mass is 16.5. The number of ether oxygens (including phenoxy) is 1. The Morgan fingerprint density at radius 3 is 2.25 bits per heavy atom. The summed E-state index contributed by atoms with van der Waals surface area (Å²) in [6.45, 7) is 4.38. The fraction of sp³-hybridized carbons (Fsp3) is 0.333. The molecule has 0 aromatic heterocycles. The zero-order valence-corrected chi connectivity index (χ0v) is 12.4. The lowest BCUT2D eigenvalue weighted by atomic mass is 9.96. The number of aromatic hydroxyl groups is 1. The molecule has 0 bridgehead atoms. The highest BCUT2D eigenvalue weighted by Gasteiger charge is 2.08. The summed E-state index contributed by atoms with van der Waals surface area (Å²) in [5, 5.41) is 10.2. The highest BCUT2D eigenvalue weighted by Crippen LogP contribution is 2.29. The quantitative estimate of drug-likeness (QED) is 0.856. The summed E-state index contributed by atoms with van der Waals surface area (Å²) in [5.41, 5.74) is 3.13. The molecule has 0 aliphatic carbocycles. The van der Waals surface area contributed by atoms with E-state index in [1.807, 2.05) is 36.4 Å². The molecule has 1 atom stereocenters. The molecule has 0 spiro atoms. The molecular formula is C18H22O2. The van der Waals surface area contributed by atoms with E-state index in [1.54, 1.807) is 7.11 Å². The van der Waals surface area contributed by atoms with Crippen LogP contribution in [0.15, 0.2) is 42.5 Å². The van der Waals surface area contributed by atoms with Gasteiger partial charge in [-0.25, -0.2) is 0 Å². The molecule has 0 heterocycles. The standard InChI is InChI=1S/C18H22O2/c1-4-13(2)11-16-6-5-15(12-18(16)19)14-7-9-17(20-3)10-8-14/h5-10,12-13,19H,4,11H2,1-3H3. The number of hydrogen-bond acceptors (Lipinski definition) is 2. The van der Waals surface area contributed by atoms with Gasteiger partial charge in [0.15, 0.2) is 0 Å². The molecule has 2 rings (SSSR count). The Morgan fingerprint density at radius 2 is 1.70 bits per heavy atom. The van der Waals surface area contributed by atoms with Gasteiger partial charge in [0, 0.05) is 0 Å². The van der Waals surface area contributed by atoms with Gasteiger partial charge in [0.2, 0.25) is 0 Å². The molecule has 0 saturated carbocycles. The van der Waals surface area contributed by atoms with Gasteiger partial charge in [-0.05, 0) is 47.2 Å². The van der Waals surface area contributed by atoms with Gasteiger partial charge in [-0.3, -0.25) is 0 Å². The Bertz CT molecular complexity index is 558. The third-order valence-electron chi connectivity index (χ3n) is 3.77. The molecule has 20 heavy (non-hydrogen) atoms. The zero-order valence-electron chi connectivity index (χ0n) is 12.4. The van der Waals surface area contributed by atoms with Crippen LogP contribution in [0.5, 0.6) is 11.5 Å². The molecule has 1 unspecified atom stereocenters. The van der Waals surface area contributed by atoms with Crippen molar-refractivity contribution in [1.29, 1.82) is 0 Å². The predicted molar refractivity (Wildman–Crippen MR) is 83.3 cm³/mol. The predicted octanol–water partition coefficient (Wildman–Crippen LogP) is 4.66. The Balaban J connectivity index is 2.23. The lowest BCUT2D eigenvalue weighted by Crippen LogP contribution is -1.98. The number of benzene rings is 2. The fourth-order valence-corrected chi connectivity index (χ4v) is 2.22. The number of hydrogen-bond donors (Lipinski definition) is 1. The van der Waals surface area contributed by atoms with Crippen molar-refractivity contribution in [3.63, 3.8) is 0 Å². The zero-order chi connectivity index (χ0) is 14.5. The molecule has 2 aromatic rings. The monoisotopic (exact) mass is 270 g/mol.